The van der Waals surface area contributed by atoms with Gasteiger partial charge < -0.3 is 11.1 Å². The number of fused-ring (bicyclic) bond motifs is 1. The number of piperazine rings is 1. The fourth-order valence-electron chi connectivity index (χ4n) is 3.35. The predicted molar refractivity (Wildman–Crippen MR) is 69.7 cm³/mol. The summed E-state index contributed by atoms with van der Waals surface area (Å²) in [6, 6.07) is 9.76. The number of hydrogen-bond donors (Lipinski definition) is 2. The highest BCUT2D eigenvalue weighted by atomic mass is 15.2. The molecule has 2 atom stereocenters. The van der Waals surface area contributed by atoms with E-state index in [1.165, 1.54) is 37.1 Å². The first-order chi connectivity index (χ1) is 8.40. The number of nitrogens with one attached hydrogen (secondary N) is 1. The summed E-state index contributed by atoms with van der Waals surface area (Å²) in [6.45, 7) is 4.21. The van der Waals surface area contributed by atoms with Crippen LogP contribution in [0.5, 0.6) is 0 Å². The lowest BCUT2D eigenvalue weighted by molar-refractivity contribution is 0.163. The summed E-state index contributed by atoms with van der Waals surface area (Å²) in [7, 11) is 0. The molecule has 0 radical (unpaired) electrons. The summed E-state index contributed by atoms with van der Waals surface area (Å²) < 4.78 is 0. The van der Waals surface area contributed by atoms with E-state index in [4.69, 9.17) is 5.73 Å². The molecule has 0 amide bonds. The van der Waals surface area contributed by atoms with Gasteiger partial charge in [0.1, 0.15) is 0 Å². The Morgan fingerprint density at radius 3 is 3.06 bits per heavy atom. The quantitative estimate of drug-likeness (QED) is 0.805. The van der Waals surface area contributed by atoms with Gasteiger partial charge in [-0.25, -0.2) is 0 Å². The average molecular weight is 231 g/mol. The highest BCUT2D eigenvalue weighted by Gasteiger charge is 2.35. The lowest BCUT2D eigenvalue weighted by atomic mass is 9.92. The fraction of sp³-hybridized carbons (Fsp3) is 0.571. The van der Waals surface area contributed by atoms with Gasteiger partial charge in [0.05, 0.1) is 0 Å². The summed E-state index contributed by atoms with van der Waals surface area (Å²) in [5, 5.41) is 3.68. The zero-order valence-corrected chi connectivity index (χ0v) is 10.2. The number of nitrogens with two attached hydrogens (primary N) is 1. The maximum absolute atomic E-state index is 5.85. The standard InChI is InChI=1S/C14H21N3/c15-10-11-4-1-2-5-12(11)14-13-6-3-8-17(13)9-7-16-14/h1-2,4-5,13-14,16H,3,6-10,15H2. The van der Waals surface area contributed by atoms with E-state index in [9.17, 15) is 0 Å². The predicted octanol–water partition coefficient (Wildman–Crippen LogP) is 1.25. The van der Waals surface area contributed by atoms with Crippen LogP contribution < -0.4 is 11.1 Å². The third-order valence-corrected chi connectivity index (χ3v) is 4.17. The van der Waals surface area contributed by atoms with Crippen molar-refractivity contribution in [3.05, 3.63) is 35.4 Å². The Kier molecular flexibility index (Phi) is 3.14. The zero-order chi connectivity index (χ0) is 11.7. The number of nitrogens with zero attached hydrogens (tertiary/aromatic N) is 1. The number of rotatable bonds is 2. The van der Waals surface area contributed by atoms with E-state index >= 15 is 0 Å². The van der Waals surface area contributed by atoms with E-state index in [1.807, 2.05) is 0 Å². The van der Waals surface area contributed by atoms with E-state index in [1.54, 1.807) is 0 Å². The van der Waals surface area contributed by atoms with Crippen molar-refractivity contribution >= 4 is 0 Å². The van der Waals surface area contributed by atoms with Gasteiger partial charge in [-0.3, -0.25) is 4.90 Å². The molecule has 3 rings (SSSR count). The third-order valence-electron chi connectivity index (χ3n) is 4.17. The molecule has 1 aromatic carbocycles. The van der Waals surface area contributed by atoms with Crippen LogP contribution in [0.2, 0.25) is 0 Å². The molecular formula is C14H21N3. The van der Waals surface area contributed by atoms with Crippen molar-refractivity contribution in [1.29, 1.82) is 0 Å². The Bertz CT molecular complexity index is 391. The highest BCUT2D eigenvalue weighted by Crippen LogP contribution is 2.32. The van der Waals surface area contributed by atoms with Gasteiger partial charge in [-0.1, -0.05) is 24.3 Å². The molecule has 2 aliphatic heterocycles. The molecule has 2 heterocycles. The molecule has 3 heteroatoms. The van der Waals surface area contributed by atoms with Crippen LogP contribution in [0.1, 0.15) is 30.0 Å². The topological polar surface area (TPSA) is 41.3 Å². The second-order valence-electron chi connectivity index (χ2n) is 5.08. The monoisotopic (exact) mass is 231 g/mol. The van der Waals surface area contributed by atoms with Crippen LogP contribution >= 0.6 is 0 Å². The van der Waals surface area contributed by atoms with Crippen molar-refractivity contribution in [2.45, 2.75) is 31.5 Å². The van der Waals surface area contributed by atoms with Crippen LogP contribution in [0.15, 0.2) is 24.3 Å². The van der Waals surface area contributed by atoms with Crippen LogP contribution in [0.4, 0.5) is 0 Å². The van der Waals surface area contributed by atoms with Crippen LogP contribution in [-0.2, 0) is 6.54 Å². The van der Waals surface area contributed by atoms with E-state index in [0.717, 1.165) is 6.54 Å². The molecule has 1 aromatic rings. The summed E-state index contributed by atoms with van der Waals surface area (Å²) in [6.07, 6.45) is 2.66. The van der Waals surface area contributed by atoms with E-state index in [2.05, 4.69) is 34.5 Å². The normalized spacial score (nSPS) is 29.2. The summed E-state index contributed by atoms with van der Waals surface area (Å²) in [5.41, 5.74) is 8.55. The lowest BCUT2D eigenvalue weighted by Gasteiger charge is -2.38. The molecular weight excluding hydrogens is 210 g/mol. The first kappa shape index (κ1) is 11.2. The van der Waals surface area contributed by atoms with Gasteiger partial charge in [0.15, 0.2) is 0 Å². The molecule has 2 unspecified atom stereocenters. The van der Waals surface area contributed by atoms with Crippen molar-refractivity contribution in [3.8, 4) is 0 Å². The van der Waals surface area contributed by atoms with Crippen LogP contribution in [0.3, 0.4) is 0 Å². The van der Waals surface area contributed by atoms with Gasteiger partial charge in [-0.2, -0.15) is 0 Å². The maximum Gasteiger partial charge on any atom is 0.0481 e. The van der Waals surface area contributed by atoms with Crippen LogP contribution in [0.25, 0.3) is 0 Å². The van der Waals surface area contributed by atoms with Gasteiger partial charge in [0.2, 0.25) is 0 Å². The molecule has 3 N–H and O–H groups in total. The van der Waals surface area contributed by atoms with E-state index in [0.29, 0.717) is 18.6 Å². The Labute approximate surface area is 103 Å². The minimum absolute atomic E-state index is 0.478. The molecule has 2 saturated heterocycles. The van der Waals surface area contributed by atoms with Gasteiger partial charge in [0, 0.05) is 31.7 Å². The van der Waals surface area contributed by atoms with Crippen LogP contribution in [-0.4, -0.2) is 30.6 Å². The van der Waals surface area contributed by atoms with Crippen molar-refractivity contribution < 1.29 is 0 Å². The summed E-state index contributed by atoms with van der Waals surface area (Å²) in [4.78, 5) is 2.63. The smallest absolute Gasteiger partial charge is 0.0481 e. The molecule has 0 bridgehead atoms. The third kappa shape index (κ3) is 1.99. The molecule has 2 fully saturated rings. The maximum atomic E-state index is 5.85. The van der Waals surface area contributed by atoms with Crippen molar-refractivity contribution in [3.63, 3.8) is 0 Å². The molecule has 0 aliphatic carbocycles. The minimum atomic E-state index is 0.478. The Hall–Kier alpha value is -0.900. The van der Waals surface area contributed by atoms with Gasteiger partial charge in [-0.05, 0) is 30.5 Å². The zero-order valence-electron chi connectivity index (χ0n) is 10.2. The minimum Gasteiger partial charge on any atom is -0.326 e. The van der Waals surface area contributed by atoms with E-state index in [-0.39, 0.29) is 0 Å². The lowest BCUT2D eigenvalue weighted by Crippen LogP contribution is -2.50. The van der Waals surface area contributed by atoms with Crippen LogP contribution in [0, 0.1) is 0 Å². The fourth-order valence-corrected chi connectivity index (χ4v) is 3.35. The first-order valence-corrected chi connectivity index (χ1v) is 6.65. The molecule has 3 nitrogen and oxygen atoms in total. The second-order valence-corrected chi connectivity index (χ2v) is 5.08. The van der Waals surface area contributed by atoms with Crippen molar-refractivity contribution in [1.82, 2.24) is 10.2 Å². The Balaban J connectivity index is 1.91. The molecule has 0 spiro atoms. The Morgan fingerprint density at radius 1 is 1.29 bits per heavy atom. The molecule has 17 heavy (non-hydrogen) atoms. The van der Waals surface area contributed by atoms with Crippen molar-refractivity contribution in [2.24, 2.45) is 5.73 Å². The summed E-state index contributed by atoms with van der Waals surface area (Å²) >= 11 is 0. The molecule has 92 valence electrons. The van der Waals surface area contributed by atoms with Gasteiger partial charge in [-0.15, -0.1) is 0 Å². The molecule has 2 aliphatic rings. The largest absolute Gasteiger partial charge is 0.326 e. The summed E-state index contributed by atoms with van der Waals surface area (Å²) in [5.74, 6) is 0. The van der Waals surface area contributed by atoms with Gasteiger partial charge >= 0.3 is 0 Å². The molecule has 0 saturated carbocycles. The number of benzene rings is 1. The van der Waals surface area contributed by atoms with E-state index < -0.39 is 0 Å². The van der Waals surface area contributed by atoms with Crippen molar-refractivity contribution in [2.75, 3.05) is 19.6 Å². The van der Waals surface area contributed by atoms with Gasteiger partial charge in [0.25, 0.3) is 0 Å². The highest BCUT2D eigenvalue weighted by molar-refractivity contribution is 5.31. The molecule has 0 aromatic heterocycles. The average Bonchev–Trinajstić information content (AvgIpc) is 2.86. The second kappa shape index (κ2) is 4.77. The first-order valence-electron chi connectivity index (χ1n) is 6.65. The number of hydrogen-bond acceptors (Lipinski definition) is 3. The SMILES string of the molecule is NCc1ccccc1C1NCCN2CCCC12. The Morgan fingerprint density at radius 2 is 2.18 bits per heavy atom.